The molecule has 0 atom stereocenters. The van der Waals surface area contributed by atoms with Crippen LogP contribution in [0.4, 0.5) is 96.6 Å². The molecule has 0 saturated carbocycles. The van der Waals surface area contributed by atoms with Gasteiger partial charge < -0.3 is 0 Å². The lowest BCUT2D eigenvalue weighted by Gasteiger charge is -2.26. The lowest BCUT2D eigenvalue weighted by atomic mass is 9.88. The molecule has 0 aliphatic rings. The minimum absolute atomic E-state index is 0.337. The van der Waals surface area contributed by atoms with Gasteiger partial charge in [-0.25, -0.2) is 44.8 Å². The Labute approximate surface area is 209 Å². The van der Waals surface area contributed by atoms with Crippen molar-refractivity contribution >= 4 is 0 Å². The van der Waals surface area contributed by atoms with E-state index in [0.29, 0.717) is 5.32 Å². The summed E-state index contributed by atoms with van der Waals surface area (Å²) < 4.78 is 281. The largest absolute Gasteiger partial charge is 0.469 e. The maximum Gasteiger partial charge on any atom is 0.469 e. The predicted molar refractivity (Wildman–Crippen MR) is 86.6 cm³/mol. The summed E-state index contributed by atoms with van der Waals surface area (Å²) in [5.74, 6) is -34.1. The van der Waals surface area contributed by atoms with Crippen LogP contribution in [0.2, 0.25) is 0 Å². The number of benzene rings is 2. The van der Waals surface area contributed by atoms with Gasteiger partial charge in [0, 0.05) is 5.56 Å². The average molecular weight is 651 g/mol. The van der Waals surface area contributed by atoms with E-state index in [1.54, 1.807) is 0 Å². The summed E-state index contributed by atoms with van der Waals surface area (Å²) >= 11 is 0. The fourth-order valence-electron chi connectivity index (χ4n) is 2.62. The van der Waals surface area contributed by atoms with Gasteiger partial charge in [0.2, 0.25) is 5.82 Å². The van der Waals surface area contributed by atoms with Gasteiger partial charge in [0.05, 0.1) is 11.1 Å². The molecule has 0 aromatic heterocycles. The number of rotatable bonds is 4. The molecule has 1 N–H and O–H groups in total. The zero-order valence-electron chi connectivity index (χ0n) is 18.0. The molecule has 1 nitrogen and oxygen atoms in total. The topological polar surface area (TPSA) is 12.0 Å². The Hall–Kier alpha value is -3.14. The van der Waals surface area contributed by atoms with E-state index in [4.69, 9.17) is 0 Å². The molecule has 0 saturated heterocycles. The van der Waals surface area contributed by atoms with Gasteiger partial charge in [-0.3, -0.25) is 0 Å². The maximum absolute atomic E-state index is 13.9. The van der Waals surface area contributed by atoms with E-state index < -0.39 is 106 Å². The molecule has 0 bridgehead atoms. The molecule has 0 fully saturated rings. The van der Waals surface area contributed by atoms with Gasteiger partial charge in [-0.05, 0) is 0 Å². The quantitative estimate of drug-likeness (QED) is 0.151. The Morgan fingerprint density at radius 3 is 1.05 bits per heavy atom. The molecule has 23 heteroatoms. The van der Waals surface area contributed by atoms with Crippen LogP contribution in [0.3, 0.4) is 0 Å². The van der Waals surface area contributed by atoms with Gasteiger partial charge >= 0.3 is 30.5 Å². The van der Waals surface area contributed by atoms with Crippen molar-refractivity contribution in [3.05, 3.63) is 57.7 Å². The first kappa shape index (κ1) is 35.9. The molecular weight excluding hydrogens is 648 g/mol. The first-order valence-corrected chi connectivity index (χ1v) is 9.09. The summed E-state index contributed by atoms with van der Waals surface area (Å²) in [5.41, 5.74) is -14.2. The highest BCUT2D eigenvalue weighted by atomic mass is 19.4. The van der Waals surface area contributed by atoms with Crippen molar-refractivity contribution in [2.45, 2.75) is 30.5 Å². The SMILES string of the molecule is FCNC(F)(F)C(F)(F)F.Fc1c(F)c(F)c(-c2c(C(F)(F)F)c(F)c(F)c(F)c2C(F)(F)C(F)(F)F)c(F)c1F. The van der Waals surface area contributed by atoms with Crippen LogP contribution in [-0.2, 0) is 12.1 Å². The number of halogens is 22. The third-order valence-corrected chi connectivity index (χ3v) is 4.38. The van der Waals surface area contributed by atoms with Crippen LogP contribution in [0.15, 0.2) is 0 Å². The second kappa shape index (κ2) is 11.3. The van der Waals surface area contributed by atoms with E-state index in [0.717, 1.165) is 0 Å². The molecule has 0 amide bonds. The Morgan fingerprint density at radius 2 is 0.756 bits per heavy atom. The highest BCUT2D eigenvalue weighted by Crippen LogP contribution is 2.53. The molecule has 2 rings (SSSR count). The molecule has 41 heavy (non-hydrogen) atoms. The lowest BCUT2D eigenvalue weighted by Crippen LogP contribution is -2.49. The van der Waals surface area contributed by atoms with Crippen molar-refractivity contribution in [1.82, 2.24) is 5.32 Å². The van der Waals surface area contributed by atoms with Gasteiger partial charge in [0.1, 0.15) is 12.4 Å². The van der Waals surface area contributed by atoms with Crippen molar-refractivity contribution in [3.63, 3.8) is 0 Å². The molecular formula is C18H3F22N. The predicted octanol–water partition coefficient (Wildman–Crippen LogP) is 8.80. The first-order valence-electron chi connectivity index (χ1n) is 9.09. The standard InChI is InChI=1S/C15F16.C3H3F6N/c16-5-2(6(17)10(21)12(23)9(5)20)1-3(13(24,25)15(29,30)31)7(18)11(22)8(19)4(1)14(26,27)28;4-1-10-3(8,9)2(5,6)7/h;10H,1H2. The molecule has 2 aromatic carbocycles. The summed E-state index contributed by atoms with van der Waals surface area (Å²) in [5, 5.41) is 0.337. The van der Waals surface area contributed by atoms with E-state index in [2.05, 4.69) is 0 Å². The number of nitrogens with one attached hydrogen (secondary N) is 1. The van der Waals surface area contributed by atoms with Crippen LogP contribution < -0.4 is 5.32 Å². The third kappa shape index (κ3) is 6.52. The van der Waals surface area contributed by atoms with Crippen LogP contribution in [0, 0.1) is 46.5 Å². The zero-order chi connectivity index (χ0) is 32.8. The second-order valence-corrected chi connectivity index (χ2v) is 6.96. The van der Waals surface area contributed by atoms with Gasteiger partial charge in [0.25, 0.3) is 0 Å². The van der Waals surface area contributed by atoms with Gasteiger partial charge in [-0.15, -0.1) is 0 Å². The minimum atomic E-state index is -7.10. The number of alkyl halides is 14. The highest BCUT2D eigenvalue weighted by molar-refractivity contribution is 5.75. The van der Waals surface area contributed by atoms with Crippen molar-refractivity contribution in [2.75, 3.05) is 6.80 Å². The van der Waals surface area contributed by atoms with E-state index >= 15 is 0 Å². The smallest absolute Gasteiger partial charge is 0.234 e. The minimum Gasteiger partial charge on any atom is -0.234 e. The third-order valence-electron chi connectivity index (χ3n) is 4.38. The number of hydrogen-bond acceptors (Lipinski definition) is 1. The maximum atomic E-state index is 13.9. The summed E-state index contributed by atoms with van der Waals surface area (Å²) in [7, 11) is 0. The molecule has 0 aliphatic heterocycles. The van der Waals surface area contributed by atoms with Crippen LogP contribution in [0.1, 0.15) is 11.1 Å². The van der Waals surface area contributed by atoms with Gasteiger partial charge in [0.15, 0.2) is 40.7 Å². The molecule has 0 spiro atoms. The first-order chi connectivity index (χ1) is 18.1. The summed E-state index contributed by atoms with van der Waals surface area (Å²) in [6.45, 7) is -1.92. The normalized spacial score (nSPS) is 13.3. The highest BCUT2D eigenvalue weighted by Gasteiger charge is 2.63. The van der Waals surface area contributed by atoms with Crippen molar-refractivity contribution in [3.8, 4) is 11.1 Å². The average Bonchev–Trinajstić information content (AvgIpc) is 2.78. The van der Waals surface area contributed by atoms with Crippen LogP contribution in [0.25, 0.3) is 11.1 Å². The fraction of sp³-hybridized carbons (Fsp3) is 0.333. The zero-order valence-corrected chi connectivity index (χ0v) is 18.0. The Balaban J connectivity index is 0.000000716. The fourth-order valence-corrected chi connectivity index (χ4v) is 2.62. The van der Waals surface area contributed by atoms with E-state index in [9.17, 15) is 96.6 Å². The molecule has 2 aromatic rings. The summed E-state index contributed by atoms with van der Waals surface area (Å²) in [6.07, 6.45) is -19.4. The van der Waals surface area contributed by atoms with E-state index in [1.807, 2.05) is 0 Å². The van der Waals surface area contributed by atoms with Gasteiger partial charge in [-0.1, -0.05) is 0 Å². The van der Waals surface area contributed by atoms with Gasteiger partial charge in [-0.2, -0.15) is 57.1 Å². The van der Waals surface area contributed by atoms with Crippen LogP contribution >= 0.6 is 0 Å². The Bertz CT molecular complexity index is 1260. The Morgan fingerprint density at radius 1 is 0.415 bits per heavy atom. The van der Waals surface area contributed by atoms with E-state index in [1.165, 1.54) is 0 Å². The summed E-state index contributed by atoms with van der Waals surface area (Å²) in [4.78, 5) is 0. The molecule has 0 radical (unpaired) electrons. The van der Waals surface area contributed by atoms with Crippen molar-refractivity contribution in [1.29, 1.82) is 0 Å². The molecule has 0 aliphatic carbocycles. The molecule has 0 unspecified atom stereocenters. The Kier molecular flexibility index (Phi) is 9.86. The summed E-state index contributed by atoms with van der Waals surface area (Å²) in [6, 6.07) is -5.14. The van der Waals surface area contributed by atoms with Crippen LogP contribution in [-0.4, -0.2) is 25.2 Å². The van der Waals surface area contributed by atoms with Crippen molar-refractivity contribution in [2.24, 2.45) is 0 Å². The monoisotopic (exact) mass is 651 g/mol. The van der Waals surface area contributed by atoms with Crippen LogP contribution in [0.5, 0.6) is 0 Å². The van der Waals surface area contributed by atoms with E-state index in [-0.39, 0.29) is 0 Å². The second-order valence-electron chi connectivity index (χ2n) is 6.96. The lowest BCUT2D eigenvalue weighted by molar-refractivity contribution is -0.297. The van der Waals surface area contributed by atoms with Crippen molar-refractivity contribution < 1.29 is 96.6 Å². The number of hydrogen-bond donors (Lipinski definition) is 1. The molecule has 234 valence electrons. The molecule has 0 heterocycles.